The minimum absolute atomic E-state index is 0.0777. The Balaban J connectivity index is 1.90. The fraction of sp³-hybridized carbons (Fsp3) is 0.350. The molecule has 2 rings (SSSR count). The maximum atomic E-state index is 12.1. The van der Waals surface area contributed by atoms with Crippen LogP contribution in [-0.2, 0) is 4.79 Å². The predicted molar refractivity (Wildman–Crippen MR) is 99.9 cm³/mol. The lowest BCUT2D eigenvalue weighted by atomic mass is 10.0. The summed E-state index contributed by atoms with van der Waals surface area (Å²) in [6.07, 6.45) is 0.135. The fourth-order valence-electron chi connectivity index (χ4n) is 2.43. The molecular weight excluding hydrogens is 300 g/mol. The second-order valence-corrected chi connectivity index (χ2v) is 6.33. The number of hydrogen-bond donors (Lipinski definition) is 2. The van der Waals surface area contributed by atoms with Gasteiger partial charge in [0.25, 0.3) is 0 Å². The lowest BCUT2D eigenvalue weighted by Crippen LogP contribution is -2.22. The van der Waals surface area contributed by atoms with E-state index in [-0.39, 0.29) is 18.6 Å². The minimum atomic E-state index is -0.0777. The summed E-state index contributed by atoms with van der Waals surface area (Å²) < 4.78 is 5.59. The van der Waals surface area contributed by atoms with E-state index in [4.69, 9.17) is 4.74 Å². The average molecular weight is 326 g/mol. The molecule has 0 aliphatic carbocycles. The van der Waals surface area contributed by atoms with Crippen LogP contribution in [0.3, 0.4) is 0 Å². The van der Waals surface area contributed by atoms with Crippen molar-refractivity contribution >= 4 is 17.3 Å². The number of rotatable bonds is 7. The van der Waals surface area contributed by atoms with E-state index < -0.39 is 0 Å². The number of carbonyl (C=O) groups excluding carboxylic acids is 1. The number of anilines is 2. The zero-order valence-corrected chi connectivity index (χ0v) is 14.8. The number of amides is 1. The molecule has 0 fully saturated rings. The molecule has 4 nitrogen and oxygen atoms in total. The highest BCUT2D eigenvalue weighted by Gasteiger charge is 2.08. The molecule has 0 saturated carbocycles. The molecule has 0 saturated heterocycles. The van der Waals surface area contributed by atoms with Crippen LogP contribution in [0, 0.1) is 0 Å². The van der Waals surface area contributed by atoms with E-state index >= 15 is 0 Å². The summed E-state index contributed by atoms with van der Waals surface area (Å²) in [6, 6.07) is 15.5. The average Bonchev–Trinajstić information content (AvgIpc) is 2.54. The van der Waals surface area contributed by atoms with Crippen molar-refractivity contribution in [3.63, 3.8) is 0 Å². The summed E-state index contributed by atoms with van der Waals surface area (Å²) in [5.74, 6) is 1.13. The van der Waals surface area contributed by atoms with E-state index in [0.29, 0.717) is 5.92 Å². The Morgan fingerprint density at radius 2 is 1.67 bits per heavy atom. The second kappa shape index (κ2) is 8.39. The highest BCUT2D eigenvalue weighted by Crippen LogP contribution is 2.23. The SMILES string of the molecule is CC(C)Oc1ccc(NC(=O)CNc2ccccc2C(C)C)cc1. The molecule has 0 unspecified atom stereocenters. The van der Waals surface area contributed by atoms with Crippen LogP contribution in [0.2, 0.25) is 0 Å². The first-order valence-corrected chi connectivity index (χ1v) is 8.35. The lowest BCUT2D eigenvalue weighted by molar-refractivity contribution is -0.114. The van der Waals surface area contributed by atoms with Gasteiger partial charge in [0.2, 0.25) is 5.91 Å². The van der Waals surface area contributed by atoms with Crippen LogP contribution >= 0.6 is 0 Å². The van der Waals surface area contributed by atoms with Crippen molar-refractivity contribution in [2.24, 2.45) is 0 Å². The van der Waals surface area contributed by atoms with Crippen LogP contribution in [0.15, 0.2) is 48.5 Å². The van der Waals surface area contributed by atoms with Gasteiger partial charge in [-0.2, -0.15) is 0 Å². The van der Waals surface area contributed by atoms with E-state index in [2.05, 4.69) is 30.5 Å². The summed E-state index contributed by atoms with van der Waals surface area (Å²) in [5.41, 5.74) is 2.97. The third-order valence-corrected chi connectivity index (χ3v) is 3.53. The molecule has 128 valence electrons. The zero-order valence-electron chi connectivity index (χ0n) is 14.8. The molecule has 0 aromatic heterocycles. The van der Waals surface area contributed by atoms with Gasteiger partial charge < -0.3 is 15.4 Å². The third kappa shape index (κ3) is 5.30. The molecule has 0 atom stereocenters. The van der Waals surface area contributed by atoms with Crippen molar-refractivity contribution in [1.82, 2.24) is 0 Å². The van der Waals surface area contributed by atoms with Gasteiger partial charge >= 0.3 is 0 Å². The first-order valence-electron chi connectivity index (χ1n) is 8.35. The smallest absolute Gasteiger partial charge is 0.243 e. The summed E-state index contributed by atoms with van der Waals surface area (Å²) in [5, 5.41) is 6.10. The number of nitrogens with one attached hydrogen (secondary N) is 2. The molecule has 24 heavy (non-hydrogen) atoms. The van der Waals surface area contributed by atoms with Gasteiger partial charge in [-0.25, -0.2) is 0 Å². The highest BCUT2D eigenvalue weighted by atomic mass is 16.5. The summed E-state index contributed by atoms with van der Waals surface area (Å²) in [7, 11) is 0. The van der Waals surface area contributed by atoms with Crippen molar-refractivity contribution in [3.8, 4) is 5.75 Å². The molecule has 0 aliphatic heterocycles. The molecule has 0 radical (unpaired) electrons. The number of hydrogen-bond acceptors (Lipinski definition) is 3. The molecule has 2 aromatic rings. The van der Waals surface area contributed by atoms with Gasteiger partial charge in [0.15, 0.2) is 0 Å². The Kier molecular flexibility index (Phi) is 6.24. The van der Waals surface area contributed by atoms with Crippen LogP contribution in [0.25, 0.3) is 0 Å². The summed E-state index contributed by atoms with van der Waals surface area (Å²) in [6.45, 7) is 8.48. The van der Waals surface area contributed by atoms with Crippen LogP contribution in [-0.4, -0.2) is 18.6 Å². The summed E-state index contributed by atoms with van der Waals surface area (Å²) in [4.78, 5) is 12.1. The van der Waals surface area contributed by atoms with E-state index in [1.54, 1.807) is 0 Å². The maximum Gasteiger partial charge on any atom is 0.243 e. The fourth-order valence-corrected chi connectivity index (χ4v) is 2.43. The quantitative estimate of drug-likeness (QED) is 0.779. The van der Waals surface area contributed by atoms with E-state index in [0.717, 1.165) is 17.1 Å². The van der Waals surface area contributed by atoms with Crippen molar-refractivity contribution in [3.05, 3.63) is 54.1 Å². The van der Waals surface area contributed by atoms with Gasteiger partial charge in [-0.15, -0.1) is 0 Å². The lowest BCUT2D eigenvalue weighted by Gasteiger charge is -2.14. The van der Waals surface area contributed by atoms with Crippen molar-refractivity contribution < 1.29 is 9.53 Å². The first-order chi connectivity index (χ1) is 11.5. The van der Waals surface area contributed by atoms with Gasteiger partial charge in [0, 0.05) is 11.4 Å². The molecule has 2 N–H and O–H groups in total. The second-order valence-electron chi connectivity index (χ2n) is 6.33. The number of para-hydroxylation sites is 1. The molecule has 0 heterocycles. The topological polar surface area (TPSA) is 50.4 Å². The third-order valence-electron chi connectivity index (χ3n) is 3.53. The van der Waals surface area contributed by atoms with Crippen LogP contribution in [0.4, 0.5) is 11.4 Å². The predicted octanol–water partition coefficient (Wildman–Crippen LogP) is 4.65. The molecular formula is C20H26N2O2. The number of benzene rings is 2. The molecule has 0 aliphatic rings. The van der Waals surface area contributed by atoms with Crippen LogP contribution in [0.1, 0.15) is 39.2 Å². The highest BCUT2D eigenvalue weighted by molar-refractivity contribution is 5.93. The van der Waals surface area contributed by atoms with E-state index in [1.165, 1.54) is 5.56 Å². The molecule has 0 spiro atoms. The Morgan fingerprint density at radius 3 is 2.29 bits per heavy atom. The van der Waals surface area contributed by atoms with Gasteiger partial charge in [0.1, 0.15) is 5.75 Å². The molecule has 0 bridgehead atoms. The summed E-state index contributed by atoms with van der Waals surface area (Å²) >= 11 is 0. The number of carbonyl (C=O) groups is 1. The Labute approximate surface area is 144 Å². The van der Waals surface area contributed by atoms with Gasteiger partial charge in [0.05, 0.1) is 12.6 Å². The van der Waals surface area contributed by atoms with Crippen LogP contribution < -0.4 is 15.4 Å². The Bertz CT molecular complexity index is 664. The molecule has 4 heteroatoms. The van der Waals surface area contributed by atoms with Crippen molar-refractivity contribution in [1.29, 1.82) is 0 Å². The van der Waals surface area contributed by atoms with Gasteiger partial charge in [-0.05, 0) is 55.7 Å². The zero-order chi connectivity index (χ0) is 17.5. The Morgan fingerprint density at radius 1 is 1.00 bits per heavy atom. The first kappa shape index (κ1) is 17.9. The minimum Gasteiger partial charge on any atom is -0.491 e. The monoisotopic (exact) mass is 326 g/mol. The molecule has 1 amide bonds. The molecule has 2 aromatic carbocycles. The maximum absolute atomic E-state index is 12.1. The number of ether oxygens (including phenoxy) is 1. The normalized spacial score (nSPS) is 10.8. The largest absolute Gasteiger partial charge is 0.491 e. The van der Waals surface area contributed by atoms with Gasteiger partial charge in [-0.3, -0.25) is 4.79 Å². The van der Waals surface area contributed by atoms with Crippen molar-refractivity contribution in [2.45, 2.75) is 39.7 Å². The Hall–Kier alpha value is -2.49. The standard InChI is InChI=1S/C20H26N2O2/c1-14(2)18-7-5-6-8-19(18)21-13-20(23)22-16-9-11-17(12-10-16)24-15(3)4/h5-12,14-15,21H,13H2,1-4H3,(H,22,23). The van der Waals surface area contributed by atoms with Crippen molar-refractivity contribution in [2.75, 3.05) is 17.2 Å². The van der Waals surface area contributed by atoms with Crippen LogP contribution in [0.5, 0.6) is 5.75 Å². The van der Waals surface area contributed by atoms with Gasteiger partial charge in [-0.1, -0.05) is 32.0 Å². The van der Waals surface area contributed by atoms with E-state index in [1.807, 2.05) is 56.3 Å². The van der Waals surface area contributed by atoms with E-state index in [9.17, 15) is 4.79 Å².